The molecule has 118 valence electrons. The van der Waals surface area contributed by atoms with E-state index < -0.39 is 57.9 Å². The molecule has 0 unspecified atom stereocenters. The van der Waals surface area contributed by atoms with Crippen molar-refractivity contribution in [3.63, 3.8) is 0 Å². The van der Waals surface area contributed by atoms with Crippen molar-refractivity contribution in [2.75, 3.05) is 0 Å². The smallest absolute Gasteiger partial charge is 0.369 e. The molecule has 0 fully saturated rings. The molecule has 0 aliphatic carbocycles. The lowest BCUT2D eigenvalue weighted by Gasteiger charge is -2.32. The molecule has 0 aromatic heterocycles. The zero-order chi connectivity index (χ0) is 16.8. The summed E-state index contributed by atoms with van der Waals surface area (Å²) in [5, 5.41) is 19.4. The van der Waals surface area contributed by atoms with Crippen molar-refractivity contribution in [1.82, 2.24) is 0 Å². The molecule has 0 heterocycles. The molecule has 0 saturated heterocycles. The van der Waals surface area contributed by atoms with E-state index in [4.69, 9.17) is 5.11 Å². The van der Waals surface area contributed by atoms with Crippen molar-refractivity contribution in [3.05, 3.63) is 39.4 Å². The number of benzene rings is 1. The third-order valence-electron chi connectivity index (χ3n) is 2.45. The van der Waals surface area contributed by atoms with Crippen LogP contribution in [-0.2, 0) is 5.60 Å². The first kappa shape index (κ1) is 17.1. The molecule has 1 aromatic rings. The van der Waals surface area contributed by atoms with E-state index in [1.807, 2.05) is 0 Å². The summed E-state index contributed by atoms with van der Waals surface area (Å²) in [5.74, 6) is -4.26. The molecular formula is C9H3F8NO3. The Balaban J connectivity index is 3.84. The second kappa shape index (κ2) is 4.79. The molecule has 0 bridgehead atoms. The van der Waals surface area contributed by atoms with E-state index in [2.05, 4.69) is 0 Å². The van der Waals surface area contributed by atoms with E-state index >= 15 is 0 Å². The summed E-state index contributed by atoms with van der Waals surface area (Å²) >= 11 is 0. The molecule has 0 aliphatic rings. The molecule has 12 heteroatoms. The van der Waals surface area contributed by atoms with Gasteiger partial charge in [-0.3, -0.25) is 10.1 Å². The van der Waals surface area contributed by atoms with Crippen LogP contribution in [0.4, 0.5) is 40.8 Å². The van der Waals surface area contributed by atoms with Gasteiger partial charge in [0.15, 0.2) is 11.6 Å². The van der Waals surface area contributed by atoms with Gasteiger partial charge < -0.3 is 5.11 Å². The molecule has 0 atom stereocenters. The van der Waals surface area contributed by atoms with Crippen molar-refractivity contribution >= 4 is 5.69 Å². The van der Waals surface area contributed by atoms with Crippen LogP contribution in [0.3, 0.4) is 0 Å². The van der Waals surface area contributed by atoms with Crippen LogP contribution in [0.15, 0.2) is 12.1 Å². The van der Waals surface area contributed by atoms with Gasteiger partial charge in [0.1, 0.15) is 0 Å². The van der Waals surface area contributed by atoms with Crippen molar-refractivity contribution in [2.45, 2.75) is 18.0 Å². The average Bonchev–Trinajstić information content (AvgIpc) is 2.27. The Hall–Kier alpha value is -1.98. The van der Waals surface area contributed by atoms with Gasteiger partial charge in [0.2, 0.25) is 0 Å². The minimum absolute atomic E-state index is 0.479. The van der Waals surface area contributed by atoms with E-state index in [9.17, 15) is 45.2 Å². The highest BCUT2D eigenvalue weighted by molar-refractivity contribution is 5.46. The molecule has 21 heavy (non-hydrogen) atoms. The summed E-state index contributed by atoms with van der Waals surface area (Å²) in [4.78, 5) is 8.65. The summed E-state index contributed by atoms with van der Waals surface area (Å²) in [5.41, 5.74) is -10.3. The Morgan fingerprint density at radius 3 is 1.67 bits per heavy atom. The van der Waals surface area contributed by atoms with Gasteiger partial charge in [0, 0.05) is 0 Å². The summed E-state index contributed by atoms with van der Waals surface area (Å²) in [6.07, 6.45) is -12.9. The third kappa shape index (κ3) is 2.62. The average molecular weight is 325 g/mol. The van der Waals surface area contributed by atoms with Gasteiger partial charge in [-0.15, -0.1) is 0 Å². The maximum absolute atomic E-state index is 12.9. The number of aliphatic hydroxyl groups is 1. The zero-order valence-corrected chi connectivity index (χ0v) is 9.39. The highest BCUT2D eigenvalue weighted by Crippen LogP contribution is 2.52. The molecule has 0 radical (unpaired) electrons. The number of hydrogen-bond donors (Lipinski definition) is 1. The highest BCUT2D eigenvalue weighted by atomic mass is 19.4. The molecule has 4 nitrogen and oxygen atoms in total. The summed E-state index contributed by atoms with van der Waals surface area (Å²) in [6.45, 7) is 0. The van der Waals surface area contributed by atoms with Crippen LogP contribution in [0.25, 0.3) is 0 Å². The predicted octanol–water partition coefficient (Wildman–Crippen LogP) is 3.19. The van der Waals surface area contributed by atoms with E-state index in [1.165, 1.54) is 0 Å². The van der Waals surface area contributed by atoms with Crippen LogP contribution < -0.4 is 0 Å². The monoisotopic (exact) mass is 325 g/mol. The van der Waals surface area contributed by atoms with Crippen LogP contribution in [0.2, 0.25) is 0 Å². The number of alkyl halides is 6. The molecule has 0 spiro atoms. The van der Waals surface area contributed by atoms with Gasteiger partial charge in [0.25, 0.3) is 11.3 Å². The Kier molecular flexibility index (Phi) is 3.89. The number of rotatable bonds is 2. The molecule has 1 N–H and O–H groups in total. The number of nitro benzene ring substituents is 1. The van der Waals surface area contributed by atoms with Gasteiger partial charge in [-0.1, -0.05) is 0 Å². The summed E-state index contributed by atoms with van der Waals surface area (Å²) in [7, 11) is 0. The minimum Gasteiger partial charge on any atom is -0.369 e. The molecular weight excluding hydrogens is 322 g/mol. The maximum atomic E-state index is 12.9. The normalized spacial score (nSPS) is 13.4. The lowest BCUT2D eigenvalue weighted by Crippen LogP contribution is -2.54. The first-order valence-corrected chi connectivity index (χ1v) is 4.73. The van der Waals surface area contributed by atoms with Crippen molar-refractivity contribution in [3.8, 4) is 0 Å². The summed E-state index contributed by atoms with van der Waals surface area (Å²) < 4.78 is 101. The fourth-order valence-electron chi connectivity index (χ4n) is 1.44. The van der Waals surface area contributed by atoms with Crippen molar-refractivity contribution in [2.24, 2.45) is 0 Å². The SMILES string of the molecule is O=[N+]([O-])c1cc(F)c(F)cc1C(O)(C(F)(F)F)C(F)(F)F. The second-order valence-corrected chi connectivity index (χ2v) is 3.75. The first-order chi connectivity index (χ1) is 9.23. The lowest BCUT2D eigenvalue weighted by molar-refractivity contribution is -0.402. The van der Waals surface area contributed by atoms with Gasteiger partial charge in [-0.2, -0.15) is 26.3 Å². The predicted molar refractivity (Wildman–Crippen MR) is 49.0 cm³/mol. The van der Waals surface area contributed by atoms with Crippen molar-refractivity contribution < 1.29 is 45.2 Å². The lowest BCUT2D eigenvalue weighted by atomic mass is 9.90. The molecule has 0 saturated carbocycles. The van der Waals surface area contributed by atoms with E-state index in [0.29, 0.717) is 0 Å². The standard InChI is InChI=1S/C9H3F8NO3/c10-4-1-3(6(18(20)21)2-5(4)11)7(19,8(12,13)14)9(15,16)17/h1-2,19H. The summed E-state index contributed by atoms with van der Waals surface area (Å²) in [6, 6.07) is -1.19. The fraction of sp³-hybridized carbons (Fsp3) is 0.333. The first-order valence-electron chi connectivity index (χ1n) is 4.73. The number of nitrogens with zero attached hydrogens (tertiary/aromatic N) is 1. The molecule has 0 amide bonds. The Labute approximate surface area is 109 Å². The van der Waals surface area contributed by atoms with Gasteiger partial charge >= 0.3 is 12.4 Å². The Bertz CT molecular complexity index is 566. The Morgan fingerprint density at radius 2 is 1.33 bits per heavy atom. The number of halogens is 8. The van der Waals surface area contributed by atoms with Gasteiger partial charge in [0.05, 0.1) is 16.6 Å². The topological polar surface area (TPSA) is 63.4 Å². The van der Waals surface area contributed by atoms with E-state index in [-0.39, 0.29) is 0 Å². The Morgan fingerprint density at radius 1 is 0.952 bits per heavy atom. The van der Waals surface area contributed by atoms with E-state index in [0.717, 1.165) is 0 Å². The van der Waals surface area contributed by atoms with E-state index in [1.54, 1.807) is 0 Å². The fourth-order valence-corrected chi connectivity index (χ4v) is 1.44. The van der Waals surface area contributed by atoms with Crippen LogP contribution in [0.1, 0.15) is 5.56 Å². The van der Waals surface area contributed by atoms with Crippen LogP contribution in [0.5, 0.6) is 0 Å². The van der Waals surface area contributed by atoms with Gasteiger partial charge in [-0.25, -0.2) is 8.78 Å². The van der Waals surface area contributed by atoms with Crippen molar-refractivity contribution in [1.29, 1.82) is 0 Å². The number of hydrogen-bond acceptors (Lipinski definition) is 3. The van der Waals surface area contributed by atoms with Crippen LogP contribution in [-0.4, -0.2) is 22.4 Å². The van der Waals surface area contributed by atoms with Crippen LogP contribution in [0, 0.1) is 21.7 Å². The largest absolute Gasteiger partial charge is 0.430 e. The molecule has 1 aromatic carbocycles. The number of nitro groups is 1. The highest BCUT2D eigenvalue weighted by Gasteiger charge is 2.73. The third-order valence-corrected chi connectivity index (χ3v) is 2.45. The minimum atomic E-state index is -6.46. The molecule has 1 rings (SSSR count). The zero-order valence-electron chi connectivity index (χ0n) is 9.39. The quantitative estimate of drug-likeness (QED) is 0.516. The molecule has 0 aliphatic heterocycles. The van der Waals surface area contributed by atoms with Crippen LogP contribution >= 0.6 is 0 Å². The second-order valence-electron chi connectivity index (χ2n) is 3.75. The maximum Gasteiger partial charge on any atom is 0.430 e. The van der Waals surface area contributed by atoms with Gasteiger partial charge in [-0.05, 0) is 6.07 Å².